The Morgan fingerprint density at radius 1 is 1.42 bits per heavy atom. The van der Waals surface area contributed by atoms with Crippen LogP contribution in [0.3, 0.4) is 0 Å². The molecule has 2 nitrogen and oxygen atoms in total. The van der Waals surface area contributed by atoms with Gasteiger partial charge in [0.25, 0.3) is 0 Å². The molecule has 0 aliphatic carbocycles. The molecule has 1 rings (SSSR count). The first-order chi connectivity index (χ1) is 5.63. The van der Waals surface area contributed by atoms with E-state index in [4.69, 9.17) is 0 Å². The van der Waals surface area contributed by atoms with Crippen molar-refractivity contribution in [3.63, 3.8) is 0 Å². The second kappa shape index (κ2) is 4.14. The van der Waals surface area contributed by atoms with E-state index in [1.165, 1.54) is 0 Å². The maximum absolute atomic E-state index is 12.7. The number of nitrogens with zero attached hydrogens (tertiary/aromatic N) is 1. The second-order valence-corrected chi connectivity index (χ2v) is 3.17. The zero-order valence-electron chi connectivity index (χ0n) is 7.46. The number of morpholine rings is 1. The molecule has 1 unspecified atom stereocenters. The molecule has 0 radical (unpaired) electrons. The largest absolute Gasteiger partial charge is 0.311 e. The lowest BCUT2D eigenvalue weighted by Gasteiger charge is -2.35. The molecule has 72 valence electrons. The molecule has 4 heteroatoms. The Morgan fingerprint density at radius 2 is 1.92 bits per heavy atom. The molecule has 0 spiro atoms. The lowest BCUT2D eigenvalue weighted by Crippen LogP contribution is -2.48. The Hall–Kier alpha value is -0.220. The summed E-state index contributed by atoms with van der Waals surface area (Å²) in [6.07, 6.45) is -2.04. The average molecular weight is 179 g/mol. The molecule has 0 aromatic heterocycles. The van der Waals surface area contributed by atoms with Gasteiger partial charge in [0.15, 0.2) is 0 Å². The van der Waals surface area contributed by atoms with E-state index >= 15 is 0 Å². The summed E-state index contributed by atoms with van der Waals surface area (Å²) in [5.41, 5.74) is 0. The Bertz CT molecular complexity index is 135. The highest BCUT2D eigenvalue weighted by molar-refractivity contribution is 4.72. The van der Waals surface area contributed by atoms with Crippen LogP contribution in [0.25, 0.3) is 0 Å². The fourth-order valence-electron chi connectivity index (χ4n) is 1.31. The van der Waals surface area contributed by atoms with Gasteiger partial charge >= 0.3 is 0 Å². The van der Waals surface area contributed by atoms with Crippen LogP contribution in [-0.2, 0) is 4.74 Å². The van der Waals surface area contributed by atoms with Crippen LogP contribution in [0.5, 0.6) is 0 Å². The molecule has 1 fully saturated rings. The summed E-state index contributed by atoms with van der Waals surface area (Å²) in [6, 6.07) is 0.227. The van der Waals surface area contributed by atoms with Gasteiger partial charge in [0.1, 0.15) is 0 Å². The van der Waals surface area contributed by atoms with Crippen LogP contribution in [0.4, 0.5) is 8.78 Å². The second-order valence-electron chi connectivity index (χ2n) is 3.17. The Morgan fingerprint density at radius 3 is 2.33 bits per heavy atom. The summed E-state index contributed by atoms with van der Waals surface area (Å²) in [5.74, 6) is 0. The third kappa shape index (κ3) is 2.38. The van der Waals surface area contributed by atoms with Gasteiger partial charge in [-0.3, -0.25) is 4.90 Å². The molecule has 0 aromatic rings. The van der Waals surface area contributed by atoms with Crippen molar-refractivity contribution in [2.75, 3.05) is 13.1 Å². The summed E-state index contributed by atoms with van der Waals surface area (Å²) >= 11 is 0. The summed E-state index contributed by atoms with van der Waals surface area (Å²) in [4.78, 5) is 1.78. The predicted octanol–water partition coefficient (Wildman–Crippen LogP) is 1.71. The van der Waals surface area contributed by atoms with Gasteiger partial charge in [-0.15, -0.1) is 0 Å². The maximum atomic E-state index is 12.7. The van der Waals surface area contributed by atoms with E-state index in [1.807, 2.05) is 13.8 Å². The van der Waals surface area contributed by atoms with E-state index in [2.05, 4.69) is 4.74 Å². The van der Waals surface area contributed by atoms with Gasteiger partial charge in [-0.05, 0) is 13.3 Å². The number of rotatable bonds is 2. The minimum Gasteiger partial charge on any atom is -0.311 e. The monoisotopic (exact) mass is 179 g/mol. The normalized spacial score (nSPS) is 35.0. The molecular weight excluding hydrogens is 164 g/mol. The molecule has 0 saturated carbocycles. The van der Waals surface area contributed by atoms with E-state index in [0.29, 0.717) is 0 Å². The van der Waals surface area contributed by atoms with Gasteiger partial charge in [-0.25, -0.2) is 8.78 Å². The van der Waals surface area contributed by atoms with Crippen molar-refractivity contribution in [1.82, 2.24) is 4.90 Å². The number of hydrogen-bond acceptors (Lipinski definition) is 2. The molecule has 1 heterocycles. The first kappa shape index (κ1) is 9.86. The first-order valence-electron chi connectivity index (χ1n) is 4.31. The van der Waals surface area contributed by atoms with Gasteiger partial charge in [0, 0.05) is 6.04 Å². The Balaban J connectivity index is 2.43. The van der Waals surface area contributed by atoms with Gasteiger partial charge in [-0.1, -0.05) is 6.92 Å². The Labute approximate surface area is 71.5 Å². The van der Waals surface area contributed by atoms with Crippen molar-refractivity contribution in [2.24, 2.45) is 0 Å². The minimum absolute atomic E-state index is 0.190. The fourth-order valence-corrected chi connectivity index (χ4v) is 1.31. The number of ether oxygens (including phenoxy) is 1. The van der Waals surface area contributed by atoms with Crippen molar-refractivity contribution in [3.8, 4) is 0 Å². The van der Waals surface area contributed by atoms with Crippen LogP contribution in [0, 0.1) is 0 Å². The highest BCUT2D eigenvalue weighted by Gasteiger charge is 2.29. The van der Waals surface area contributed by atoms with E-state index in [1.54, 1.807) is 4.90 Å². The number of alkyl halides is 2. The molecule has 1 saturated heterocycles. The highest BCUT2D eigenvalue weighted by Crippen LogP contribution is 2.16. The number of hydrogen-bond donors (Lipinski definition) is 0. The fraction of sp³-hybridized carbons (Fsp3) is 1.00. The third-order valence-corrected chi connectivity index (χ3v) is 2.27. The lowest BCUT2D eigenvalue weighted by atomic mass is 10.2. The van der Waals surface area contributed by atoms with Crippen molar-refractivity contribution in [3.05, 3.63) is 0 Å². The maximum Gasteiger partial charge on any atom is 0.214 e. The smallest absolute Gasteiger partial charge is 0.214 e. The molecule has 3 atom stereocenters. The van der Waals surface area contributed by atoms with Crippen LogP contribution in [0.1, 0.15) is 20.3 Å². The predicted molar refractivity (Wildman–Crippen MR) is 42.2 cm³/mol. The SMILES string of the molecule is CCC(C)N1C[C@@H](F)O[C@H](F)C1. The molecule has 12 heavy (non-hydrogen) atoms. The molecule has 1 aliphatic rings. The number of halogens is 2. The Kier molecular flexibility index (Phi) is 3.40. The summed E-state index contributed by atoms with van der Waals surface area (Å²) in [7, 11) is 0. The standard InChI is InChI=1S/C8H15F2NO/c1-3-6(2)11-4-7(9)12-8(10)5-11/h6-8H,3-5H2,1-2H3/t6?,7-,8-/m0/s1. The molecule has 0 amide bonds. The van der Waals surface area contributed by atoms with Gasteiger partial charge < -0.3 is 4.74 Å². The quantitative estimate of drug-likeness (QED) is 0.639. The third-order valence-electron chi connectivity index (χ3n) is 2.27. The van der Waals surface area contributed by atoms with E-state index in [-0.39, 0.29) is 19.1 Å². The van der Waals surface area contributed by atoms with Crippen LogP contribution in [0.2, 0.25) is 0 Å². The van der Waals surface area contributed by atoms with Crippen LogP contribution in [-0.4, -0.2) is 36.7 Å². The molecular formula is C8H15F2NO. The van der Waals surface area contributed by atoms with Crippen LogP contribution >= 0.6 is 0 Å². The molecule has 0 aromatic carbocycles. The topological polar surface area (TPSA) is 12.5 Å². The zero-order valence-corrected chi connectivity index (χ0v) is 7.46. The lowest BCUT2D eigenvalue weighted by molar-refractivity contribution is -0.194. The van der Waals surface area contributed by atoms with E-state index < -0.39 is 12.7 Å². The molecule has 0 bridgehead atoms. The van der Waals surface area contributed by atoms with Gasteiger partial charge in [-0.2, -0.15) is 0 Å². The minimum atomic E-state index is -1.47. The average Bonchev–Trinajstić information content (AvgIpc) is 2.01. The zero-order chi connectivity index (χ0) is 9.14. The summed E-state index contributed by atoms with van der Waals surface area (Å²) in [5, 5.41) is 0. The van der Waals surface area contributed by atoms with Crippen molar-refractivity contribution in [1.29, 1.82) is 0 Å². The van der Waals surface area contributed by atoms with Crippen LogP contribution < -0.4 is 0 Å². The van der Waals surface area contributed by atoms with Crippen molar-refractivity contribution >= 4 is 0 Å². The van der Waals surface area contributed by atoms with Crippen LogP contribution in [0.15, 0.2) is 0 Å². The van der Waals surface area contributed by atoms with Gasteiger partial charge in [0.05, 0.1) is 13.1 Å². The summed E-state index contributed by atoms with van der Waals surface area (Å²) < 4.78 is 29.7. The van der Waals surface area contributed by atoms with E-state index in [0.717, 1.165) is 6.42 Å². The van der Waals surface area contributed by atoms with Crippen molar-refractivity contribution in [2.45, 2.75) is 39.0 Å². The molecule has 0 N–H and O–H groups in total. The first-order valence-corrected chi connectivity index (χ1v) is 4.31. The molecule has 1 aliphatic heterocycles. The highest BCUT2D eigenvalue weighted by atomic mass is 19.2. The van der Waals surface area contributed by atoms with Crippen molar-refractivity contribution < 1.29 is 13.5 Å². The van der Waals surface area contributed by atoms with Gasteiger partial charge in [0.2, 0.25) is 12.7 Å². The summed E-state index contributed by atoms with van der Waals surface area (Å²) in [6.45, 7) is 4.34. The van der Waals surface area contributed by atoms with E-state index in [9.17, 15) is 8.78 Å².